The van der Waals surface area contributed by atoms with Gasteiger partial charge in [-0.25, -0.2) is 4.68 Å². The number of aromatic nitrogens is 3. The Morgan fingerprint density at radius 3 is 2.47 bits per heavy atom. The number of amides is 1. The molecule has 1 amide bonds. The minimum absolute atomic E-state index is 0.0549. The summed E-state index contributed by atoms with van der Waals surface area (Å²) in [5.41, 5.74) is 2.36. The van der Waals surface area contributed by atoms with E-state index in [-0.39, 0.29) is 5.91 Å². The summed E-state index contributed by atoms with van der Waals surface area (Å²) in [6.45, 7) is 7.39. The Bertz CT molecular complexity index is 367. The summed E-state index contributed by atoms with van der Waals surface area (Å²) in [6.07, 6.45) is 1.89. The largest absolute Gasteiger partial charge is 0.273 e. The molecule has 1 rings (SSSR count). The van der Waals surface area contributed by atoms with E-state index in [1.807, 2.05) is 27.0 Å². The zero-order chi connectivity index (χ0) is 11.6. The van der Waals surface area contributed by atoms with E-state index >= 15 is 0 Å². The van der Waals surface area contributed by atoms with Crippen molar-refractivity contribution in [3.63, 3.8) is 0 Å². The van der Waals surface area contributed by atoms with Crippen LogP contribution in [0, 0.1) is 12.3 Å². The quantitative estimate of drug-likeness (QED) is 0.778. The first-order valence-electron chi connectivity index (χ1n) is 4.63. The van der Waals surface area contributed by atoms with Gasteiger partial charge in [-0.3, -0.25) is 10.2 Å². The van der Waals surface area contributed by atoms with Crippen LogP contribution in [0.5, 0.6) is 0 Å². The van der Waals surface area contributed by atoms with Crippen molar-refractivity contribution >= 4 is 17.7 Å². The molecular formula is C9H16N4OS. The lowest BCUT2D eigenvalue weighted by Gasteiger charge is -2.18. The molecule has 0 unspecified atom stereocenters. The van der Waals surface area contributed by atoms with Crippen molar-refractivity contribution in [3.05, 3.63) is 5.82 Å². The number of hydrogen-bond donors (Lipinski definition) is 1. The van der Waals surface area contributed by atoms with Crippen LogP contribution in [-0.2, 0) is 4.79 Å². The molecule has 1 N–H and O–H groups in total. The van der Waals surface area contributed by atoms with Gasteiger partial charge in [0.05, 0.1) is 0 Å². The first kappa shape index (κ1) is 12.0. The molecule has 0 aliphatic rings. The molecule has 0 spiro atoms. The van der Waals surface area contributed by atoms with Crippen molar-refractivity contribution in [2.75, 3.05) is 11.7 Å². The standard InChI is InChI=1S/C9H16N4OS/c1-6-10-11-8(15-5)13(6)12-7(14)9(2,3)4/h1-5H3,(H,12,14). The fraction of sp³-hybridized carbons (Fsp3) is 0.667. The van der Waals surface area contributed by atoms with Gasteiger partial charge in [-0.05, 0) is 13.2 Å². The van der Waals surface area contributed by atoms with E-state index in [2.05, 4.69) is 15.6 Å². The van der Waals surface area contributed by atoms with Crippen molar-refractivity contribution < 1.29 is 4.79 Å². The first-order valence-corrected chi connectivity index (χ1v) is 5.86. The molecule has 0 fully saturated rings. The topological polar surface area (TPSA) is 59.8 Å². The summed E-state index contributed by atoms with van der Waals surface area (Å²) >= 11 is 1.44. The van der Waals surface area contributed by atoms with E-state index < -0.39 is 5.41 Å². The van der Waals surface area contributed by atoms with E-state index in [1.165, 1.54) is 11.8 Å². The Kier molecular flexibility index (Phi) is 3.38. The van der Waals surface area contributed by atoms with Gasteiger partial charge < -0.3 is 0 Å². The smallest absolute Gasteiger partial charge is 0.244 e. The van der Waals surface area contributed by atoms with Crippen molar-refractivity contribution in [2.24, 2.45) is 5.41 Å². The third-order valence-corrected chi connectivity index (χ3v) is 2.50. The van der Waals surface area contributed by atoms with Crippen LogP contribution < -0.4 is 5.43 Å². The second-order valence-electron chi connectivity index (χ2n) is 4.26. The summed E-state index contributed by atoms with van der Waals surface area (Å²) in [6, 6.07) is 0. The number of thioether (sulfide) groups is 1. The van der Waals surface area contributed by atoms with E-state index in [9.17, 15) is 4.79 Å². The van der Waals surface area contributed by atoms with Crippen LogP contribution in [0.1, 0.15) is 26.6 Å². The molecule has 0 saturated carbocycles. The highest BCUT2D eigenvalue weighted by Gasteiger charge is 2.23. The molecule has 5 nitrogen and oxygen atoms in total. The second-order valence-corrected chi connectivity index (χ2v) is 5.03. The van der Waals surface area contributed by atoms with Crippen LogP contribution in [0.15, 0.2) is 5.16 Å². The molecule has 0 radical (unpaired) electrons. The van der Waals surface area contributed by atoms with Gasteiger partial charge >= 0.3 is 0 Å². The maximum atomic E-state index is 11.8. The minimum Gasteiger partial charge on any atom is -0.273 e. The highest BCUT2D eigenvalue weighted by molar-refractivity contribution is 7.98. The predicted molar refractivity (Wildman–Crippen MR) is 60.4 cm³/mol. The van der Waals surface area contributed by atoms with E-state index in [4.69, 9.17) is 0 Å². The number of nitrogens with zero attached hydrogens (tertiary/aromatic N) is 3. The van der Waals surface area contributed by atoms with Crippen LogP contribution in [0.4, 0.5) is 0 Å². The van der Waals surface area contributed by atoms with Gasteiger partial charge in [0, 0.05) is 5.41 Å². The van der Waals surface area contributed by atoms with Crippen LogP contribution >= 0.6 is 11.8 Å². The molecule has 0 aromatic carbocycles. The average Bonchev–Trinajstić information content (AvgIpc) is 2.46. The fourth-order valence-corrected chi connectivity index (χ4v) is 1.36. The predicted octanol–water partition coefficient (Wildman–Crippen LogP) is 1.42. The lowest BCUT2D eigenvalue weighted by Crippen LogP contribution is -2.34. The third kappa shape index (κ3) is 2.71. The Morgan fingerprint density at radius 1 is 1.40 bits per heavy atom. The maximum Gasteiger partial charge on any atom is 0.244 e. The number of carbonyl (C=O) groups is 1. The number of carbonyl (C=O) groups excluding carboxylic acids is 1. The van der Waals surface area contributed by atoms with Crippen molar-refractivity contribution in [1.82, 2.24) is 14.9 Å². The normalized spacial score (nSPS) is 11.5. The summed E-state index contributed by atoms with van der Waals surface area (Å²) < 4.78 is 1.61. The molecule has 0 bridgehead atoms. The molecule has 0 aliphatic carbocycles. The van der Waals surface area contributed by atoms with Crippen molar-refractivity contribution in [2.45, 2.75) is 32.9 Å². The van der Waals surface area contributed by atoms with E-state index in [0.717, 1.165) is 0 Å². The molecule has 0 saturated heterocycles. The highest BCUT2D eigenvalue weighted by atomic mass is 32.2. The van der Waals surface area contributed by atoms with Crippen LogP contribution in [0.3, 0.4) is 0 Å². The van der Waals surface area contributed by atoms with Gasteiger partial charge in [-0.1, -0.05) is 32.5 Å². The van der Waals surface area contributed by atoms with Gasteiger partial charge in [0.25, 0.3) is 0 Å². The zero-order valence-electron chi connectivity index (χ0n) is 9.66. The average molecular weight is 228 g/mol. The summed E-state index contributed by atoms with van der Waals surface area (Å²) in [4.78, 5) is 11.8. The van der Waals surface area contributed by atoms with Gasteiger partial charge in [0.2, 0.25) is 11.1 Å². The van der Waals surface area contributed by atoms with Gasteiger partial charge in [0.15, 0.2) is 0 Å². The van der Waals surface area contributed by atoms with Gasteiger partial charge in [0.1, 0.15) is 5.82 Å². The highest BCUT2D eigenvalue weighted by Crippen LogP contribution is 2.16. The Balaban J connectivity index is 2.89. The molecule has 0 aliphatic heterocycles. The number of nitrogens with one attached hydrogen (secondary N) is 1. The summed E-state index contributed by atoms with van der Waals surface area (Å²) in [5, 5.41) is 8.52. The van der Waals surface area contributed by atoms with Crippen molar-refractivity contribution in [1.29, 1.82) is 0 Å². The maximum absolute atomic E-state index is 11.8. The monoisotopic (exact) mass is 228 g/mol. The van der Waals surface area contributed by atoms with Crippen LogP contribution in [0.2, 0.25) is 0 Å². The lowest BCUT2D eigenvalue weighted by atomic mass is 9.96. The zero-order valence-corrected chi connectivity index (χ0v) is 10.5. The molecule has 84 valence electrons. The minimum atomic E-state index is -0.424. The Hall–Kier alpha value is -1.04. The number of rotatable bonds is 2. The number of aryl methyl sites for hydroxylation is 1. The van der Waals surface area contributed by atoms with Crippen LogP contribution in [-0.4, -0.2) is 27.0 Å². The molecule has 1 aromatic heterocycles. The lowest BCUT2D eigenvalue weighted by molar-refractivity contribution is -0.124. The molecule has 6 heteroatoms. The van der Waals surface area contributed by atoms with E-state index in [0.29, 0.717) is 11.0 Å². The fourth-order valence-electron chi connectivity index (χ4n) is 0.873. The second kappa shape index (κ2) is 4.22. The van der Waals surface area contributed by atoms with Gasteiger partial charge in [-0.2, -0.15) is 0 Å². The van der Waals surface area contributed by atoms with Gasteiger partial charge in [-0.15, -0.1) is 10.2 Å². The third-order valence-electron chi connectivity index (χ3n) is 1.87. The van der Waals surface area contributed by atoms with E-state index in [1.54, 1.807) is 11.6 Å². The Labute approximate surface area is 93.6 Å². The molecule has 1 heterocycles. The van der Waals surface area contributed by atoms with Crippen LogP contribution in [0.25, 0.3) is 0 Å². The Morgan fingerprint density at radius 2 is 2.00 bits per heavy atom. The summed E-state index contributed by atoms with van der Waals surface area (Å²) in [5.74, 6) is 0.623. The molecular weight excluding hydrogens is 212 g/mol. The summed E-state index contributed by atoms with van der Waals surface area (Å²) in [7, 11) is 0. The SMILES string of the molecule is CSc1nnc(C)n1NC(=O)C(C)(C)C. The van der Waals surface area contributed by atoms with Crippen molar-refractivity contribution in [3.8, 4) is 0 Å². The number of hydrogen-bond acceptors (Lipinski definition) is 4. The molecule has 15 heavy (non-hydrogen) atoms. The molecule has 1 aromatic rings. The first-order chi connectivity index (χ1) is 6.86. The molecule has 0 atom stereocenters.